The normalized spacial score (nSPS) is 20.7. The molecular formula is C18H20N4O3S. The number of rotatable bonds is 4. The Morgan fingerprint density at radius 2 is 2.15 bits per heavy atom. The standard InChI is InChI=1S/C18H20N4O3S/c1-12-5-6-16(14-4-3-8-19-17(12)14)26(23,24)21-15-7-9-25-18(15)13-10-20-22(2)11-13/h3-6,8,10-11,15,18,21H,7,9H2,1-2H3/t15-,18+/m0/s1. The first-order chi connectivity index (χ1) is 12.5. The van der Waals surface area contributed by atoms with Crippen molar-refractivity contribution in [3.05, 3.63) is 54.0 Å². The summed E-state index contributed by atoms with van der Waals surface area (Å²) in [4.78, 5) is 4.56. The molecule has 1 aliphatic heterocycles. The second-order valence-electron chi connectivity index (χ2n) is 6.54. The van der Waals surface area contributed by atoms with E-state index < -0.39 is 10.0 Å². The maximum Gasteiger partial charge on any atom is 0.241 e. The van der Waals surface area contributed by atoms with Gasteiger partial charge in [0.15, 0.2) is 0 Å². The van der Waals surface area contributed by atoms with Crippen LogP contribution < -0.4 is 4.72 Å². The summed E-state index contributed by atoms with van der Waals surface area (Å²) in [6.07, 6.45) is 5.50. The Kier molecular flexibility index (Phi) is 4.26. The predicted molar refractivity (Wildman–Crippen MR) is 97.1 cm³/mol. The molecule has 26 heavy (non-hydrogen) atoms. The SMILES string of the molecule is Cc1ccc(S(=O)(=O)N[C@H]2CCO[C@@H]2c2cnn(C)c2)c2cccnc12. The van der Waals surface area contributed by atoms with Crippen molar-refractivity contribution in [2.45, 2.75) is 30.4 Å². The maximum atomic E-state index is 13.1. The highest BCUT2D eigenvalue weighted by molar-refractivity contribution is 7.89. The lowest BCUT2D eigenvalue weighted by molar-refractivity contribution is 0.102. The third-order valence-electron chi connectivity index (χ3n) is 4.67. The van der Waals surface area contributed by atoms with Gasteiger partial charge in [-0.2, -0.15) is 5.10 Å². The molecule has 8 heteroatoms. The Hall–Kier alpha value is -2.29. The lowest BCUT2D eigenvalue weighted by Crippen LogP contribution is -2.36. The zero-order chi connectivity index (χ0) is 18.3. The van der Waals surface area contributed by atoms with Crippen LogP contribution in [-0.4, -0.2) is 35.8 Å². The molecule has 1 saturated heterocycles. The number of fused-ring (bicyclic) bond motifs is 1. The molecule has 3 aromatic rings. The van der Waals surface area contributed by atoms with Crippen LogP contribution in [-0.2, 0) is 21.8 Å². The average molecular weight is 372 g/mol. The minimum atomic E-state index is -3.72. The number of aromatic nitrogens is 3. The number of benzene rings is 1. The van der Waals surface area contributed by atoms with Crippen LogP contribution in [0.4, 0.5) is 0 Å². The van der Waals surface area contributed by atoms with Crippen LogP contribution in [0.25, 0.3) is 10.9 Å². The Balaban J connectivity index is 1.69. The van der Waals surface area contributed by atoms with Gasteiger partial charge in [-0.1, -0.05) is 6.07 Å². The molecule has 7 nitrogen and oxygen atoms in total. The van der Waals surface area contributed by atoms with Crippen LogP contribution in [0, 0.1) is 6.92 Å². The van der Waals surface area contributed by atoms with Gasteiger partial charge in [0, 0.05) is 37.0 Å². The van der Waals surface area contributed by atoms with E-state index >= 15 is 0 Å². The summed E-state index contributed by atoms with van der Waals surface area (Å²) in [5, 5.41) is 4.77. The summed E-state index contributed by atoms with van der Waals surface area (Å²) in [5.74, 6) is 0. The lowest BCUT2D eigenvalue weighted by atomic mass is 10.1. The molecule has 1 N–H and O–H groups in total. The van der Waals surface area contributed by atoms with Gasteiger partial charge in [-0.3, -0.25) is 9.67 Å². The maximum absolute atomic E-state index is 13.1. The smallest absolute Gasteiger partial charge is 0.241 e. The number of nitrogens with one attached hydrogen (secondary N) is 1. The average Bonchev–Trinajstić information content (AvgIpc) is 3.23. The van der Waals surface area contributed by atoms with Gasteiger partial charge in [-0.15, -0.1) is 0 Å². The third-order valence-corrected chi connectivity index (χ3v) is 6.22. The lowest BCUT2D eigenvalue weighted by Gasteiger charge is -2.19. The van der Waals surface area contributed by atoms with E-state index in [-0.39, 0.29) is 17.0 Å². The molecule has 3 heterocycles. The van der Waals surface area contributed by atoms with E-state index in [1.54, 1.807) is 41.3 Å². The monoisotopic (exact) mass is 372 g/mol. The summed E-state index contributed by atoms with van der Waals surface area (Å²) in [5.41, 5.74) is 2.51. The van der Waals surface area contributed by atoms with Gasteiger partial charge in [0.05, 0.1) is 22.7 Å². The van der Waals surface area contributed by atoms with E-state index in [0.29, 0.717) is 23.9 Å². The molecule has 1 fully saturated rings. The van der Waals surface area contributed by atoms with Crippen LogP contribution in [0.1, 0.15) is 23.7 Å². The zero-order valence-corrected chi connectivity index (χ0v) is 15.4. The molecule has 0 radical (unpaired) electrons. The third kappa shape index (κ3) is 3.00. The molecule has 0 saturated carbocycles. The summed E-state index contributed by atoms with van der Waals surface area (Å²) < 4.78 is 36.4. The number of ether oxygens (including phenoxy) is 1. The minimum Gasteiger partial charge on any atom is -0.372 e. The van der Waals surface area contributed by atoms with Crippen molar-refractivity contribution in [3.8, 4) is 0 Å². The van der Waals surface area contributed by atoms with Crippen LogP contribution in [0.3, 0.4) is 0 Å². The Labute approximate surface area is 152 Å². The summed E-state index contributed by atoms with van der Waals surface area (Å²) in [6, 6.07) is 6.62. The summed E-state index contributed by atoms with van der Waals surface area (Å²) in [6.45, 7) is 2.42. The molecule has 136 valence electrons. The fourth-order valence-electron chi connectivity index (χ4n) is 3.41. The second-order valence-corrected chi connectivity index (χ2v) is 8.22. The van der Waals surface area contributed by atoms with Gasteiger partial charge in [0.2, 0.25) is 10.0 Å². The minimum absolute atomic E-state index is 0.239. The van der Waals surface area contributed by atoms with Crippen molar-refractivity contribution in [1.29, 1.82) is 0 Å². The highest BCUT2D eigenvalue weighted by atomic mass is 32.2. The molecule has 0 unspecified atom stereocenters. The van der Waals surface area contributed by atoms with E-state index in [0.717, 1.165) is 11.1 Å². The Bertz CT molecular complexity index is 1060. The van der Waals surface area contributed by atoms with Crippen molar-refractivity contribution < 1.29 is 13.2 Å². The van der Waals surface area contributed by atoms with Crippen molar-refractivity contribution in [1.82, 2.24) is 19.5 Å². The topological polar surface area (TPSA) is 86.1 Å². The molecule has 1 aliphatic rings. The molecule has 0 amide bonds. The number of aryl methyl sites for hydroxylation is 2. The Morgan fingerprint density at radius 3 is 2.92 bits per heavy atom. The number of hydrogen-bond donors (Lipinski definition) is 1. The van der Waals surface area contributed by atoms with Gasteiger partial charge in [-0.05, 0) is 37.1 Å². The van der Waals surface area contributed by atoms with E-state index in [4.69, 9.17) is 4.74 Å². The van der Waals surface area contributed by atoms with Gasteiger partial charge in [0.25, 0.3) is 0 Å². The first kappa shape index (κ1) is 17.1. The van der Waals surface area contributed by atoms with Gasteiger partial charge < -0.3 is 4.74 Å². The largest absolute Gasteiger partial charge is 0.372 e. The van der Waals surface area contributed by atoms with E-state index in [9.17, 15) is 8.42 Å². The first-order valence-corrected chi connectivity index (χ1v) is 9.91. The second kappa shape index (κ2) is 6.46. The van der Waals surface area contributed by atoms with E-state index in [1.807, 2.05) is 20.2 Å². The summed E-state index contributed by atoms with van der Waals surface area (Å²) in [7, 11) is -1.90. The van der Waals surface area contributed by atoms with E-state index in [2.05, 4.69) is 14.8 Å². The highest BCUT2D eigenvalue weighted by Crippen LogP contribution is 2.31. The van der Waals surface area contributed by atoms with Crippen LogP contribution in [0.2, 0.25) is 0 Å². The molecule has 1 aromatic carbocycles. The molecule has 4 rings (SSSR count). The molecule has 0 bridgehead atoms. The fraction of sp³-hybridized carbons (Fsp3) is 0.333. The van der Waals surface area contributed by atoms with Crippen LogP contribution in [0.15, 0.2) is 47.8 Å². The fourth-order valence-corrected chi connectivity index (χ4v) is 4.88. The Morgan fingerprint density at radius 1 is 1.31 bits per heavy atom. The van der Waals surface area contributed by atoms with Crippen molar-refractivity contribution in [2.75, 3.05) is 6.61 Å². The number of pyridine rings is 1. The van der Waals surface area contributed by atoms with Gasteiger partial charge in [-0.25, -0.2) is 13.1 Å². The van der Waals surface area contributed by atoms with Crippen molar-refractivity contribution >= 4 is 20.9 Å². The number of nitrogens with zero attached hydrogens (tertiary/aromatic N) is 3. The summed E-state index contributed by atoms with van der Waals surface area (Å²) >= 11 is 0. The molecule has 2 aromatic heterocycles. The molecular weight excluding hydrogens is 352 g/mol. The molecule has 0 aliphatic carbocycles. The molecule has 0 spiro atoms. The van der Waals surface area contributed by atoms with Gasteiger partial charge >= 0.3 is 0 Å². The molecule has 2 atom stereocenters. The quantitative estimate of drug-likeness (QED) is 0.758. The predicted octanol–water partition coefficient (Wildman–Crippen LogP) is 2.09. The first-order valence-electron chi connectivity index (χ1n) is 8.42. The van der Waals surface area contributed by atoms with Crippen molar-refractivity contribution in [2.24, 2.45) is 7.05 Å². The van der Waals surface area contributed by atoms with Gasteiger partial charge in [0.1, 0.15) is 6.10 Å². The number of sulfonamides is 1. The zero-order valence-electron chi connectivity index (χ0n) is 14.6. The van der Waals surface area contributed by atoms with Crippen LogP contribution in [0.5, 0.6) is 0 Å². The van der Waals surface area contributed by atoms with E-state index in [1.165, 1.54) is 0 Å². The number of hydrogen-bond acceptors (Lipinski definition) is 5. The van der Waals surface area contributed by atoms with Crippen LogP contribution >= 0.6 is 0 Å². The highest BCUT2D eigenvalue weighted by Gasteiger charge is 2.34. The van der Waals surface area contributed by atoms with Crippen molar-refractivity contribution in [3.63, 3.8) is 0 Å².